The average molecular weight is 620 g/mol. The lowest BCUT2D eigenvalue weighted by atomic mass is 10.0. The van der Waals surface area contributed by atoms with Gasteiger partial charge in [-0.1, -0.05) is 32.5 Å². The van der Waals surface area contributed by atoms with Crippen LogP contribution in [-0.2, 0) is 38.1 Å². The zero-order valence-corrected chi connectivity index (χ0v) is 26.5. The van der Waals surface area contributed by atoms with Crippen molar-refractivity contribution in [3.05, 3.63) is 35.0 Å². The molecular formula is C25H43BrN4O5SSi. The number of nitrogens with one attached hydrogen (secondary N) is 1. The molecule has 0 aliphatic carbocycles. The van der Waals surface area contributed by atoms with Crippen LogP contribution in [0.5, 0.6) is 0 Å². The molecule has 0 radical (unpaired) electrons. The second-order valence-corrected chi connectivity index (χ2v) is 20.1. The molecule has 0 spiro atoms. The number of oxazole rings is 1. The van der Waals surface area contributed by atoms with Crippen LogP contribution in [0.25, 0.3) is 0 Å². The summed E-state index contributed by atoms with van der Waals surface area (Å²) < 4.78 is 42.1. The third-order valence-corrected chi connectivity index (χ3v) is 9.83. The Balaban J connectivity index is 1.61. The van der Waals surface area contributed by atoms with E-state index >= 15 is 0 Å². The summed E-state index contributed by atoms with van der Waals surface area (Å²) in [6.45, 7) is 15.2. The highest BCUT2D eigenvalue weighted by molar-refractivity contribution is 9.10. The van der Waals surface area contributed by atoms with E-state index in [0.717, 1.165) is 48.8 Å². The number of imidazole rings is 1. The molecule has 210 valence electrons. The molecule has 1 aliphatic heterocycles. The maximum atomic E-state index is 13.0. The standard InChI is InChI=1S/C25H43BrN4O5SSi/c1-24(2,3)36(31)29-20(22-28-21(26)18-30(22)19-32-16-17-37(4,5)6)10-8-7-9-11-25(34-14-15-35-25)23-27-12-13-33-23/h12-13,18,20,29H,7-11,14-17,19H2,1-6H3. The summed E-state index contributed by atoms with van der Waals surface area (Å²) in [5.74, 6) is 0.422. The Morgan fingerprint density at radius 3 is 2.59 bits per heavy atom. The summed E-state index contributed by atoms with van der Waals surface area (Å²) in [5.41, 5.74) is 0. The number of hydrogen-bond acceptors (Lipinski definition) is 8. The molecule has 2 unspecified atom stereocenters. The SMILES string of the molecule is CC(C)(C)[S+]([O-])NC(CCCCCC1(c2ncco2)OCCO1)c1nc(Br)cn1COCC[Si](C)(C)C. The van der Waals surface area contributed by atoms with E-state index in [1.165, 1.54) is 0 Å². The van der Waals surface area contributed by atoms with Crippen molar-refractivity contribution in [3.63, 3.8) is 0 Å². The van der Waals surface area contributed by atoms with E-state index in [-0.39, 0.29) is 10.8 Å². The molecule has 2 aromatic heterocycles. The zero-order chi connectivity index (χ0) is 27.1. The molecule has 0 saturated carbocycles. The molecule has 1 saturated heterocycles. The van der Waals surface area contributed by atoms with Gasteiger partial charge in [-0.3, -0.25) is 0 Å². The van der Waals surface area contributed by atoms with Crippen LogP contribution >= 0.6 is 15.9 Å². The molecule has 12 heteroatoms. The molecule has 3 heterocycles. The zero-order valence-electron chi connectivity index (χ0n) is 23.0. The first-order valence-electron chi connectivity index (χ1n) is 13.1. The lowest BCUT2D eigenvalue weighted by Crippen LogP contribution is -2.42. The molecule has 1 fully saturated rings. The van der Waals surface area contributed by atoms with Crippen molar-refractivity contribution < 1.29 is 23.2 Å². The van der Waals surface area contributed by atoms with Crippen molar-refractivity contribution in [1.29, 1.82) is 0 Å². The molecule has 2 aromatic rings. The smallest absolute Gasteiger partial charge is 0.255 e. The lowest BCUT2D eigenvalue weighted by molar-refractivity contribution is -0.187. The Morgan fingerprint density at radius 2 is 1.97 bits per heavy atom. The summed E-state index contributed by atoms with van der Waals surface area (Å²) in [7, 11) is -1.17. The Morgan fingerprint density at radius 1 is 1.24 bits per heavy atom. The minimum atomic E-state index is -1.24. The maximum absolute atomic E-state index is 13.0. The monoisotopic (exact) mass is 618 g/mol. The van der Waals surface area contributed by atoms with Gasteiger partial charge < -0.3 is 27.7 Å². The second kappa shape index (κ2) is 13.6. The van der Waals surface area contributed by atoms with E-state index in [1.807, 2.05) is 31.5 Å². The Bertz CT molecular complexity index is 942. The quantitative estimate of drug-likeness (QED) is 0.150. The van der Waals surface area contributed by atoms with Crippen molar-refractivity contribution in [3.8, 4) is 0 Å². The van der Waals surface area contributed by atoms with Crippen LogP contribution in [0.15, 0.2) is 27.7 Å². The van der Waals surface area contributed by atoms with Crippen LogP contribution < -0.4 is 4.72 Å². The Labute approximate surface area is 233 Å². The van der Waals surface area contributed by atoms with Gasteiger partial charge in [0.05, 0.1) is 19.4 Å². The molecule has 1 aliphatic rings. The van der Waals surface area contributed by atoms with Crippen LogP contribution in [0.3, 0.4) is 0 Å². The van der Waals surface area contributed by atoms with Crippen molar-refractivity contribution in [1.82, 2.24) is 19.3 Å². The summed E-state index contributed by atoms with van der Waals surface area (Å²) in [6, 6.07) is 0.933. The van der Waals surface area contributed by atoms with Gasteiger partial charge in [-0.15, -0.1) is 4.72 Å². The fourth-order valence-electron chi connectivity index (χ4n) is 3.99. The van der Waals surface area contributed by atoms with Gasteiger partial charge in [-0.05, 0) is 55.6 Å². The second-order valence-electron chi connectivity index (χ2n) is 11.7. The molecule has 2 atom stereocenters. The first kappa shape index (κ1) is 30.8. The van der Waals surface area contributed by atoms with Crippen LogP contribution in [0.2, 0.25) is 25.7 Å². The maximum Gasteiger partial charge on any atom is 0.255 e. The number of hydrogen-bond donors (Lipinski definition) is 1. The normalized spacial score (nSPS) is 17.8. The highest BCUT2D eigenvalue weighted by atomic mass is 79.9. The van der Waals surface area contributed by atoms with Gasteiger partial charge in [-0.2, -0.15) is 0 Å². The fourth-order valence-corrected chi connectivity index (χ4v) is 6.01. The number of halogens is 1. The lowest BCUT2D eigenvalue weighted by Gasteiger charge is -2.28. The van der Waals surface area contributed by atoms with E-state index in [0.29, 0.717) is 32.3 Å². The minimum Gasteiger partial charge on any atom is -0.598 e. The fraction of sp³-hybridized carbons (Fsp3) is 0.760. The average Bonchev–Trinajstić information content (AvgIpc) is 3.56. The van der Waals surface area contributed by atoms with Gasteiger partial charge in [0.25, 0.3) is 5.89 Å². The third-order valence-electron chi connectivity index (χ3n) is 6.13. The molecule has 1 N–H and O–H groups in total. The van der Waals surface area contributed by atoms with Gasteiger partial charge in [-0.25, -0.2) is 9.97 Å². The van der Waals surface area contributed by atoms with Crippen LogP contribution in [0, 0.1) is 0 Å². The first-order valence-corrected chi connectivity index (χ1v) is 18.7. The largest absolute Gasteiger partial charge is 0.598 e. The van der Waals surface area contributed by atoms with Crippen LogP contribution in [0.4, 0.5) is 0 Å². The van der Waals surface area contributed by atoms with E-state index < -0.39 is 25.2 Å². The van der Waals surface area contributed by atoms with Gasteiger partial charge in [0.1, 0.15) is 34.2 Å². The van der Waals surface area contributed by atoms with Crippen molar-refractivity contribution in [2.24, 2.45) is 0 Å². The predicted molar refractivity (Wildman–Crippen MR) is 151 cm³/mol. The van der Waals surface area contributed by atoms with Gasteiger partial charge in [0, 0.05) is 38.7 Å². The molecule has 37 heavy (non-hydrogen) atoms. The third kappa shape index (κ3) is 9.45. The van der Waals surface area contributed by atoms with E-state index in [4.69, 9.17) is 23.6 Å². The molecule has 3 rings (SSSR count). The summed E-state index contributed by atoms with van der Waals surface area (Å²) in [4.78, 5) is 8.99. The van der Waals surface area contributed by atoms with Gasteiger partial charge in [0.15, 0.2) is 0 Å². The first-order chi connectivity index (χ1) is 17.4. The Hall–Kier alpha value is -0.733. The Kier molecular flexibility index (Phi) is 11.3. The summed E-state index contributed by atoms with van der Waals surface area (Å²) >= 11 is 2.29. The molecular weight excluding hydrogens is 576 g/mol. The van der Waals surface area contributed by atoms with Crippen molar-refractivity contribution in [2.45, 2.75) is 102 Å². The minimum absolute atomic E-state index is 0.174. The molecule has 0 aromatic carbocycles. The van der Waals surface area contributed by atoms with E-state index in [9.17, 15) is 4.55 Å². The number of nitrogens with zero attached hydrogens (tertiary/aromatic N) is 3. The number of unbranched alkanes of at least 4 members (excludes halogenated alkanes) is 2. The van der Waals surface area contributed by atoms with E-state index in [1.54, 1.807) is 12.5 Å². The van der Waals surface area contributed by atoms with Crippen molar-refractivity contribution in [2.75, 3.05) is 19.8 Å². The predicted octanol–water partition coefficient (Wildman–Crippen LogP) is 5.89. The highest BCUT2D eigenvalue weighted by Crippen LogP contribution is 2.36. The number of ether oxygens (including phenoxy) is 3. The summed E-state index contributed by atoms with van der Waals surface area (Å²) in [5, 5.41) is 0. The van der Waals surface area contributed by atoms with Gasteiger partial charge >= 0.3 is 0 Å². The van der Waals surface area contributed by atoms with E-state index in [2.05, 4.69) is 45.3 Å². The topological polar surface area (TPSA) is 107 Å². The number of aromatic nitrogens is 3. The van der Waals surface area contributed by atoms with Crippen LogP contribution in [-0.4, -0.2) is 51.7 Å². The van der Waals surface area contributed by atoms with Gasteiger partial charge in [0.2, 0.25) is 5.79 Å². The molecule has 9 nitrogen and oxygen atoms in total. The number of rotatable bonds is 15. The van der Waals surface area contributed by atoms with Crippen molar-refractivity contribution >= 4 is 35.4 Å². The summed E-state index contributed by atoms with van der Waals surface area (Å²) in [6.07, 6.45) is 9.30. The molecule has 0 bridgehead atoms. The molecule has 0 amide bonds. The highest BCUT2D eigenvalue weighted by Gasteiger charge is 2.42. The van der Waals surface area contributed by atoms with Crippen LogP contribution in [0.1, 0.15) is 70.6 Å².